The van der Waals surface area contributed by atoms with Gasteiger partial charge < -0.3 is 21.1 Å². The summed E-state index contributed by atoms with van der Waals surface area (Å²) in [5.74, 6) is -0.0764. The maximum Gasteiger partial charge on any atom is 0.238 e. The van der Waals surface area contributed by atoms with Crippen LogP contribution in [0.5, 0.6) is 0 Å². The minimum absolute atomic E-state index is 0.0775. The van der Waals surface area contributed by atoms with Gasteiger partial charge in [0.1, 0.15) is 6.61 Å². The number of Topliss-reactive ketones (excluding diaryl/α,β-unsaturated/α-hetero) is 1. The molecule has 1 unspecified atom stereocenters. The van der Waals surface area contributed by atoms with Gasteiger partial charge in [-0.3, -0.25) is 14.4 Å². The summed E-state index contributed by atoms with van der Waals surface area (Å²) in [4.78, 5) is 36.4. The van der Waals surface area contributed by atoms with Crippen molar-refractivity contribution in [3.8, 4) is 0 Å². The van der Waals surface area contributed by atoms with Crippen LogP contribution >= 0.6 is 0 Å². The average Bonchev–Trinajstić information content (AvgIpc) is 3.20. The van der Waals surface area contributed by atoms with E-state index in [1.54, 1.807) is 0 Å². The van der Waals surface area contributed by atoms with Crippen LogP contribution in [0.1, 0.15) is 38.5 Å². The normalized spacial score (nSPS) is 33.6. The van der Waals surface area contributed by atoms with Crippen LogP contribution in [0.15, 0.2) is 0 Å². The molecular weight excluding hydrogens is 310 g/mol. The van der Waals surface area contributed by atoms with Gasteiger partial charge in [0.25, 0.3) is 0 Å². The summed E-state index contributed by atoms with van der Waals surface area (Å²) in [5.41, 5.74) is 0. The number of aliphatic hydroxyl groups excluding tert-OH is 1. The Morgan fingerprint density at radius 2 is 2.04 bits per heavy atom. The lowest BCUT2D eigenvalue weighted by molar-refractivity contribution is -0.132. The number of amides is 2. The maximum absolute atomic E-state index is 12.7. The van der Waals surface area contributed by atoms with E-state index in [-0.39, 0.29) is 30.2 Å². The van der Waals surface area contributed by atoms with Gasteiger partial charge in [0.15, 0.2) is 5.78 Å². The molecule has 0 bridgehead atoms. The molecule has 4 N–H and O–H groups in total. The molecule has 7 nitrogen and oxygen atoms in total. The van der Waals surface area contributed by atoms with Crippen LogP contribution in [0.4, 0.5) is 0 Å². The molecule has 5 atom stereocenters. The van der Waals surface area contributed by atoms with Gasteiger partial charge in [-0.05, 0) is 44.1 Å². The number of hydrogen-bond donors (Lipinski definition) is 4. The summed E-state index contributed by atoms with van der Waals surface area (Å²) in [6, 6.07) is -1.05. The fourth-order valence-electron chi connectivity index (χ4n) is 4.44. The maximum atomic E-state index is 12.7. The van der Waals surface area contributed by atoms with Crippen molar-refractivity contribution in [2.45, 2.75) is 50.6 Å². The number of carbonyl (C=O) groups excluding carboxylic acids is 3. The molecule has 3 fully saturated rings. The first-order valence-corrected chi connectivity index (χ1v) is 9.05. The van der Waals surface area contributed by atoms with E-state index in [4.69, 9.17) is 0 Å². The molecule has 0 radical (unpaired) electrons. The molecule has 0 aromatic heterocycles. The second kappa shape index (κ2) is 7.61. The minimum Gasteiger partial charge on any atom is -0.389 e. The molecule has 2 amide bonds. The highest BCUT2D eigenvalue weighted by Crippen LogP contribution is 2.36. The molecular formula is C17H27N3O4. The molecule has 0 spiro atoms. The van der Waals surface area contributed by atoms with E-state index in [1.807, 2.05) is 0 Å². The third kappa shape index (κ3) is 3.62. The molecule has 1 aliphatic carbocycles. The van der Waals surface area contributed by atoms with Crippen molar-refractivity contribution >= 4 is 17.6 Å². The summed E-state index contributed by atoms with van der Waals surface area (Å²) in [6.07, 6.45) is 5.49. The summed E-state index contributed by atoms with van der Waals surface area (Å²) in [7, 11) is 0. The molecule has 0 aromatic carbocycles. The molecule has 2 heterocycles. The molecule has 3 rings (SSSR count). The third-order valence-corrected chi connectivity index (χ3v) is 5.82. The molecule has 24 heavy (non-hydrogen) atoms. The molecule has 1 saturated carbocycles. The topological polar surface area (TPSA) is 108 Å². The number of nitrogens with one attached hydrogen (secondary N) is 3. The second-order valence-corrected chi connectivity index (χ2v) is 7.29. The number of ketones is 1. The highest BCUT2D eigenvalue weighted by molar-refractivity contribution is 5.92. The lowest BCUT2D eigenvalue weighted by atomic mass is 9.78. The standard InChI is InChI=1S/C17H27N3O4/c21-9-14(22)13(7-10-5-6-18-16(10)23)20-17(24)15-12-4-2-1-3-11(12)8-19-15/h10-13,15,19,21H,1-9H2,(H,18,23)(H,20,24)/t10-,11-,12-,13?,15-/m0/s1. The number of rotatable bonds is 6. The number of hydrogen-bond acceptors (Lipinski definition) is 5. The Bertz CT molecular complexity index is 510. The van der Waals surface area contributed by atoms with Crippen molar-refractivity contribution in [3.05, 3.63) is 0 Å². The highest BCUT2D eigenvalue weighted by atomic mass is 16.3. The van der Waals surface area contributed by atoms with Crippen LogP contribution in [0, 0.1) is 17.8 Å². The number of aliphatic hydroxyl groups is 1. The van der Waals surface area contributed by atoms with Crippen LogP contribution < -0.4 is 16.0 Å². The van der Waals surface area contributed by atoms with Gasteiger partial charge in [0.05, 0.1) is 12.1 Å². The molecule has 2 aliphatic heterocycles. The fourth-order valence-corrected chi connectivity index (χ4v) is 4.44. The Kier molecular flexibility index (Phi) is 5.50. The van der Waals surface area contributed by atoms with Crippen molar-refractivity contribution in [2.75, 3.05) is 19.7 Å². The second-order valence-electron chi connectivity index (χ2n) is 7.29. The van der Waals surface area contributed by atoms with Gasteiger partial charge in [-0.15, -0.1) is 0 Å². The van der Waals surface area contributed by atoms with Gasteiger partial charge in [-0.1, -0.05) is 12.8 Å². The van der Waals surface area contributed by atoms with Crippen molar-refractivity contribution in [3.63, 3.8) is 0 Å². The van der Waals surface area contributed by atoms with E-state index in [2.05, 4.69) is 16.0 Å². The van der Waals surface area contributed by atoms with Gasteiger partial charge >= 0.3 is 0 Å². The van der Waals surface area contributed by atoms with Gasteiger partial charge in [-0.2, -0.15) is 0 Å². The van der Waals surface area contributed by atoms with E-state index in [0.29, 0.717) is 24.8 Å². The Morgan fingerprint density at radius 3 is 2.75 bits per heavy atom. The lowest BCUT2D eigenvalue weighted by Crippen LogP contribution is -2.51. The van der Waals surface area contributed by atoms with E-state index in [0.717, 1.165) is 25.8 Å². The SMILES string of the molecule is O=C(CO)C(C[C@@H]1CCNC1=O)NC(=O)[C@H]1NC[C@@H]2CCCC[C@@H]21. The first-order chi connectivity index (χ1) is 11.6. The van der Waals surface area contributed by atoms with E-state index < -0.39 is 18.4 Å². The van der Waals surface area contributed by atoms with Crippen LogP contribution in [0.2, 0.25) is 0 Å². The Labute approximate surface area is 141 Å². The number of carbonyl (C=O) groups is 3. The van der Waals surface area contributed by atoms with Crippen LogP contribution in [0.3, 0.4) is 0 Å². The summed E-state index contributed by atoms with van der Waals surface area (Å²) in [5, 5.41) is 18.0. The van der Waals surface area contributed by atoms with Crippen LogP contribution in [-0.4, -0.2) is 54.5 Å². The monoisotopic (exact) mass is 337 g/mol. The van der Waals surface area contributed by atoms with E-state index in [9.17, 15) is 19.5 Å². The Morgan fingerprint density at radius 1 is 1.25 bits per heavy atom. The third-order valence-electron chi connectivity index (χ3n) is 5.82. The van der Waals surface area contributed by atoms with Gasteiger partial charge in [0, 0.05) is 12.5 Å². The molecule has 134 valence electrons. The molecule has 2 saturated heterocycles. The van der Waals surface area contributed by atoms with Crippen LogP contribution in [0.25, 0.3) is 0 Å². The van der Waals surface area contributed by atoms with Crippen molar-refractivity contribution in [1.29, 1.82) is 0 Å². The molecule has 7 heteroatoms. The van der Waals surface area contributed by atoms with Crippen molar-refractivity contribution in [2.24, 2.45) is 17.8 Å². The summed E-state index contributed by atoms with van der Waals surface area (Å²) >= 11 is 0. The Hall–Kier alpha value is -1.47. The summed E-state index contributed by atoms with van der Waals surface area (Å²) in [6.45, 7) is 0.835. The van der Waals surface area contributed by atoms with Crippen LogP contribution in [-0.2, 0) is 14.4 Å². The summed E-state index contributed by atoms with van der Waals surface area (Å²) < 4.78 is 0. The zero-order chi connectivity index (χ0) is 17.1. The average molecular weight is 337 g/mol. The largest absolute Gasteiger partial charge is 0.389 e. The first-order valence-electron chi connectivity index (χ1n) is 9.05. The smallest absolute Gasteiger partial charge is 0.238 e. The minimum atomic E-state index is -0.791. The van der Waals surface area contributed by atoms with Gasteiger partial charge in [-0.25, -0.2) is 0 Å². The van der Waals surface area contributed by atoms with Crippen molar-refractivity contribution < 1.29 is 19.5 Å². The van der Waals surface area contributed by atoms with E-state index in [1.165, 1.54) is 6.42 Å². The van der Waals surface area contributed by atoms with Gasteiger partial charge in [0.2, 0.25) is 11.8 Å². The molecule has 0 aromatic rings. The lowest BCUT2D eigenvalue weighted by Gasteiger charge is -2.29. The van der Waals surface area contributed by atoms with Crippen molar-refractivity contribution in [1.82, 2.24) is 16.0 Å². The zero-order valence-electron chi connectivity index (χ0n) is 13.9. The first kappa shape index (κ1) is 17.4. The Balaban J connectivity index is 1.62. The van der Waals surface area contributed by atoms with E-state index >= 15 is 0 Å². The predicted molar refractivity (Wildman–Crippen MR) is 87.0 cm³/mol. The number of fused-ring (bicyclic) bond motifs is 1. The zero-order valence-corrected chi connectivity index (χ0v) is 13.9. The molecule has 3 aliphatic rings. The fraction of sp³-hybridized carbons (Fsp3) is 0.824. The highest BCUT2D eigenvalue weighted by Gasteiger charge is 2.42. The predicted octanol–water partition coefficient (Wildman–Crippen LogP) is -0.663. The quantitative estimate of drug-likeness (QED) is 0.515.